The number of nitrogens with one attached hydrogen (secondary N) is 1. The van der Waals surface area contributed by atoms with Crippen LogP contribution in [0.2, 0.25) is 0 Å². The number of nitrogen functional groups attached to an aromatic ring is 1. The van der Waals surface area contributed by atoms with E-state index in [2.05, 4.69) is 20.2 Å². The van der Waals surface area contributed by atoms with Gasteiger partial charge >= 0.3 is 17.9 Å². The predicted octanol–water partition coefficient (Wildman–Crippen LogP) is 5.44. The van der Waals surface area contributed by atoms with E-state index in [-0.39, 0.29) is 41.3 Å². The molecule has 3 N–H and O–H groups in total. The third-order valence-electron chi connectivity index (χ3n) is 9.12. The highest BCUT2D eigenvalue weighted by atomic mass is 19.4. The van der Waals surface area contributed by atoms with Crippen molar-refractivity contribution in [3.8, 4) is 17.1 Å². The van der Waals surface area contributed by atoms with Crippen LogP contribution in [0.25, 0.3) is 22.0 Å². The molecule has 0 amide bonds. The van der Waals surface area contributed by atoms with Gasteiger partial charge in [0, 0.05) is 42.5 Å². The first-order valence-electron chi connectivity index (χ1n) is 14.8. The molecule has 1 unspecified atom stereocenters. The number of nitro benzene ring substituents is 1. The van der Waals surface area contributed by atoms with Gasteiger partial charge in [-0.05, 0) is 63.9 Å². The molecule has 2 aromatic carbocycles. The Bertz CT molecular complexity index is 1670. The second-order valence-corrected chi connectivity index (χ2v) is 12.9. The van der Waals surface area contributed by atoms with E-state index < -0.39 is 61.9 Å². The number of benzene rings is 2. The predicted molar refractivity (Wildman–Crippen MR) is 158 cm³/mol. The number of halogens is 5. The van der Waals surface area contributed by atoms with Crippen molar-refractivity contribution >= 4 is 28.1 Å². The Balaban J connectivity index is 1.57. The van der Waals surface area contributed by atoms with Gasteiger partial charge in [0.25, 0.3) is 0 Å². The molecule has 2 bridgehead atoms. The van der Waals surface area contributed by atoms with Gasteiger partial charge in [-0.1, -0.05) is 6.92 Å². The van der Waals surface area contributed by atoms with Crippen molar-refractivity contribution in [3.05, 3.63) is 45.0 Å². The normalized spacial score (nSPS) is 24.0. The number of aryl methyl sites for hydroxylation is 1. The summed E-state index contributed by atoms with van der Waals surface area (Å²) in [6.07, 6.45) is -1.57. The highest BCUT2D eigenvalue weighted by Gasteiger charge is 2.43. The van der Waals surface area contributed by atoms with Crippen LogP contribution in [0.4, 0.5) is 39.1 Å². The van der Waals surface area contributed by atoms with E-state index >= 15 is 8.78 Å². The summed E-state index contributed by atoms with van der Waals surface area (Å²) in [4.78, 5) is 23.7. The zero-order chi connectivity index (χ0) is 32.4. The number of nitrogens with zero attached hydrogens (tertiary/aromatic N) is 5. The van der Waals surface area contributed by atoms with Crippen LogP contribution in [-0.4, -0.2) is 71.7 Å². The van der Waals surface area contributed by atoms with Crippen LogP contribution < -0.4 is 20.7 Å². The summed E-state index contributed by atoms with van der Waals surface area (Å²) in [6.45, 7) is 5.89. The lowest BCUT2D eigenvalue weighted by Crippen LogP contribution is -2.51. The summed E-state index contributed by atoms with van der Waals surface area (Å²) in [7, 11) is 2.00. The number of nitrogens with two attached hydrogens (primary N) is 1. The molecule has 10 nitrogen and oxygen atoms in total. The number of likely N-dealkylation sites (tertiary alicyclic amines) is 1. The van der Waals surface area contributed by atoms with E-state index in [9.17, 15) is 23.3 Å². The third kappa shape index (κ3) is 5.71. The van der Waals surface area contributed by atoms with E-state index in [1.807, 2.05) is 18.9 Å². The second kappa shape index (κ2) is 11.2. The summed E-state index contributed by atoms with van der Waals surface area (Å²) in [5, 5.41) is 15.4. The Hall–Kier alpha value is -3.85. The van der Waals surface area contributed by atoms with Crippen molar-refractivity contribution in [3.63, 3.8) is 0 Å². The van der Waals surface area contributed by atoms with E-state index in [0.29, 0.717) is 13.1 Å². The minimum absolute atomic E-state index is 0.0807. The summed E-state index contributed by atoms with van der Waals surface area (Å²) in [5.74, 6) is -2.76. The van der Waals surface area contributed by atoms with Gasteiger partial charge in [-0.3, -0.25) is 10.1 Å². The molecule has 3 aliphatic rings. The Kier molecular flexibility index (Phi) is 7.75. The molecule has 242 valence electrons. The lowest BCUT2D eigenvalue weighted by atomic mass is 9.83. The first-order chi connectivity index (χ1) is 21.1. The number of aromatic nitrogens is 2. The lowest BCUT2D eigenvalue weighted by Gasteiger charge is -2.38. The highest BCUT2D eigenvalue weighted by molar-refractivity contribution is 5.96. The number of piperazine rings is 1. The molecule has 1 aromatic heterocycles. The fourth-order valence-corrected chi connectivity index (χ4v) is 7.25. The molecule has 3 atom stereocenters. The van der Waals surface area contributed by atoms with E-state index in [1.165, 1.54) is 0 Å². The van der Waals surface area contributed by atoms with Crippen LogP contribution in [0.15, 0.2) is 12.1 Å². The third-order valence-corrected chi connectivity index (χ3v) is 9.12. The smallest absolute Gasteiger partial charge is 0.417 e. The molecule has 15 heteroatoms. The maximum Gasteiger partial charge on any atom is 0.417 e. The van der Waals surface area contributed by atoms with Gasteiger partial charge in [0.15, 0.2) is 5.82 Å². The Morgan fingerprint density at radius 1 is 1.18 bits per heavy atom. The molecule has 0 aliphatic carbocycles. The van der Waals surface area contributed by atoms with Crippen molar-refractivity contribution < 1.29 is 31.6 Å². The largest absolute Gasteiger partial charge is 0.463 e. The Morgan fingerprint density at radius 3 is 2.49 bits per heavy atom. The van der Waals surface area contributed by atoms with E-state index in [1.54, 1.807) is 0 Å². The van der Waals surface area contributed by atoms with Gasteiger partial charge in [0.2, 0.25) is 0 Å². The average molecular weight is 636 g/mol. The molecule has 0 radical (unpaired) electrons. The highest BCUT2D eigenvalue weighted by Crippen LogP contribution is 2.49. The zero-order valence-corrected chi connectivity index (χ0v) is 25.1. The Labute approximate surface area is 255 Å². The number of anilines is 2. The van der Waals surface area contributed by atoms with Gasteiger partial charge in [0.1, 0.15) is 22.8 Å². The number of fused-ring (bicyclic) bond motifs is 3. The maximum absolute atomic E-state index is 16.7. The number of ether oxygens (including phenoxy) is 1. The minimum Gasteiger partial charge on any atom is -0.463 e. The van der Waals surface area contributed by atoms with E-state index in [0.717, 1.165) is 57.8 Å². The van der Waals surface area contributed by atoms with Crippen LogP contribution in [0, 0.1) is 34.1 Å². The molecule has 3 aliphatic heterocycles. The molecule has 3 aromatic rings. The number of hydrogen-bond acceptors (Lipinski definition) is 9. The molecule has 0 saturated carbocycles. The number of rotatable bonds is 6. The molecule has 0 spiro atoms. The van der Waals surface area contributed by atoms with Crippen molar-refractivity contribution in [2.24, 2.45) is 5.41 Å². The molecule has 3 saturated heterocycles. The monoisotopic (exact) mass is 635 g/mol. The molecular formula is C30H34F5N7O3. The van der Waals surface area contributed by atoms with Gasteiger partial charge in [0.05, 0.1) is 28.2 Å². The number of nitro groups is 1. The van der Waals surface area contributed by atoms with Crippen molar-refractivity contribution in [2.45, 2.75) is 57.8 Å². The number of piperidine rings is 1. The quantitative estimate of drug-likeness (QED) is 0.158. The average Bonchev–Trinajstić information content (AvgIpc) is 3.27. The molecular weight excluding hydrogens is 601 g/mol. The Morgan fingerprint density at radius 2 is 1.87 bits per heavy atom. The standard InChI is InChI=1S/C30H34F5N7O3/c1-15-9-20(36)26(42(43)44)22(23(15)30(33,34)35)21-19(31)10-18-25(24(21)32)38-28(45-14-29(2)7-4-8-40(3)13-29)39-27(18)41-11-16-5-6-17(12-41)37-16/h9-10,16-17,37H,4-8,11-14,36H2,1-3H3/t16-,17+,29?. The van der Waals surface area contributed by atoms with Crippen LogP contribution in [0.5, 0.6) is 6.01 Å². The van der Waals surface area contributed by atoms with Crippen LogP contribution >= 0.6 is 0 Å². The summed E-state index contributed by atoms with van der Waals surface area (Å²) in [6, 6.07) is 1.64. The molecule has 45 heavy (non-hydrogen) atoms. The van der Waals surface area contributed by atoms with Crippen LogP contribution in [-0.2, 0) is 6.18 Å². The molecule has 4 heterocycles. The van der Waals surface area contributed by atoms with Crippen molar-refractivity contribution in [1.82, 2.24) is 20.2 Å². The minimum atomic E-state index is -5.19. The zero-order valence-electron chi connectivity index (χ0n) is 25.1. The van der Waals surface area contributed by atoms with Gasteiger partial charge in [-0.15, -0.1) is 0 Å². The van der Waals surface area contributed by atoms with Gasteiger partial charge in [-0.2, -0.15) is 23.1 Å². The fraction of sp³-hybridized carbons (Fsp3) is 0.533. The SMILES string of the molecule is Cc1cc(N)c([N+](=O)[O-])c(-c2c(F)cc3c(N4C[C@H]5CC[C@@H](C4)N5)nc(OCC4(C)CCCN(C)C4)nc3c2F)c1C(F)(F)F. The van der Waals surface area contributed by atoms with Crippen molar-refractivity contribution in [1.29, 1.82) is 0 Å². The van der Waals surface area contributed by atoms with Gasteiger partial charge < -0.3 is 25.6 Å². The first kappa shape index (κ1) is 31.1. The summed E-state index contributed by atoms with van der Waals surface area (Å²) in [5.41, 5.74) is -1.51. The van der Waals surface area contributed by atoms with Crippen LogP contribution in [0.3, 0.4) is 0 Å². The van der Waals surface area contributed by atoms with Crippen molar-refractivity contribution in [2.75, 3.05) is 50.5 Å². The fourth-order valence-electron chi connectivity index (χ4n) is 7.25. The van der Waals surface area contributed by atoms with Crippen LogP contribution in [0.1, 0.15) is 43.7 Å². The summed E-state index contributed by atoms with van der Waals surface area (Å²) < 4.78 is 81.9. The second-order valence-electron chi connectivity index (χ2n) is 12.9. The number of alkyl halides is 3. The lowest BCUT2D eigenvalue weighted by molar-refractivity contribution is -0.383. The maximum atomic E-state index is 16.7. The topological polar surface area (TPSA) is 123 Å². The molecule has 3 fully saturated rings. The van der Waals surface area contributed by atoms with E-state index in [4.69, 9.17) is 10.5 Å². The first-order valence-corrected chi connectivity index (χ1v) is 14.8. The summed E-state index contributed by atoms with van der Waals surface area (Å²) >= 11 is 0. The van der Waals surface area contributed by atoms with Gasteiger partial charge in [-0.25, -0.2) is 8.78 Å². The number of hydrogen-bond donors (Lipinski definition) is 2. The molecule has 6 rings (SSSR count).